The zero-order valence-electron chi connectivity index (χ0n) is 10.6. The Balaban J connectivity index is 2.37. The van der Waals surface area contributed by atoms with Gasteiger partial charge in [0, 0.05) is 29.8 Å². The molecule has 1 aliphatic rings. The summed E-state index contributed by atoms with van der Waals surface area (Å²) in [4.78, 5) is 0.296. The molecule has 2 N–H and O–H groups in total. The van der Waals surface area contributed by atoms with E-state index in [1.54, 1.807) is 34.3 Å². The maximum atomic E-state index is 12.5. The molecule has 1 aromatic rings. The van der Waals surface area contributed by atoms with Crippen LogP contribution in [-0.4, -0.2) is 36.8 Å². The molecule has 1 fully saturated rings. The summed E-state index contributed by atoms with van der Waals surface area (Å²) in [6.07, 6.45) is 0. The third kappa shape index (κ3) is 2.50. The first-order valence-corrected chi connectivity index (χ1v) is 8.48. The second kappa shape index (κ2) is 5.11. The van der Waals surface area contributed by atoms with E-state index in [0.717, 1.165) is 17.1 Å². The number of nitrogens with zero attached hydrogens (tertiary/aromatic N) is 1. The molecule has 0 aliphatic carbocycles. The molecule has 1 aromatic carbocycles. The van der Waals surface area contributed by atoms with Crippen molar-refractivity contribution in [1.29, 1.82) is 0 Å². The molecule has 0 spiro atoms. The average Bonchev–Trinajstić information content (AvgIpc) is 2.33. The second-order valence-corrected chi connectivity index (χ2v) is 7.60. The largest absolute Gasteiger partial charge is 0.398 e. The zero-order valence-corrected chi connectivity index (χ0v) is 12.2. The summed E-state index contributed by atoms with van der Waals surface area (Å²) in [5.41, 5.74) is 7.22. The Morgan fingerprint density at radius 1 is 1.44 bits per heavy atom. The predicted molar refractivity (Wildman–Crippen MR) is 76.3 cm³/mol. The van der Waals surface area contributed by atoms with Crippen molar-refractivity contribution in [2.45, 2.75) is 24.8 Å². The maximum Gasteiger partial charge on any atom is 0.243 e. The van der Waals surface area contributed by atoms with Gasteiger partial charge in [0.1, 0.15) is 0 Å². The number of sulfonamides is 1. The monoisotopic (exact) mass is 286 g/mol. The minimum absolute atomic E-state index is 0.0382. The molecule has 1 atom stereocenters. The Kier molecular flexibility index (Phi) is 3.89. The number of thioether (sulfide) groups is 1. The SMILES string of the molecule is Cc1ccc(S(=O)(=O)N2CCSCC2C)cc1N. The van der Waals surface area contributed by atoms with Crippen LogP contribution in [0, 0.1) is 6.92 Å². The number of aryl methyl sites for hydroxylation is 1. The highest BCUT2D eigenvalue weighted by molar-refractivity contribution is 7.99. The van der Waals surface area contributed by atoms with Gasteiger partial charge in [-0.15, -0.1) is 0 Å². The van der Waals surface area contributed by atoms with Gasteiger partial charge < -0.3 is 5.73 Å². The summed E-state index contributed by atoms with van der Waals surface area (Å²) in [5.74, 6) is 1.70. The van der Waals surface area contributed by atoms with Crippen molar-refractivity contribution >= 4 is 27.5 Å². The van der Waals surface area contributed by atoms with Crippen LogP contribution in [0.15, 0.2) is 23.1 Å². The Morgan fingerprint density at radius 3 is 2.78 bits per heavy atom. The van der Waals surface area contributed by atoms with E-state index in [9.17, 15) is 8.42 Å². The Bertz CT molecular complexity index is 543. The van der Waals surface area contributed by atoms with E-state index in [4.69, 9.17) is 5.73 Å². The number of nitrogens with two attached hydrogens (primary N) is 1. The molecule has 0 bridgehead atoms. The van der Waals surface area contributed by atoms with Gasteiger partial charge in [-0.2, -0.15) is 16.1 Å². The molecule has 1 heterocycles. The third-order valence-corrected chi connectivity index (χ3v) is 6.36. The van der Waals surface area contributed by atoms with Gasteiger partial charge in [0.2, 0.25) is 10.0 Å². The van der Waals surface area contributed by atoms with Crippen LogP contribution in [0.1, 0.15) is 12.5 Å². The third-order valence-electron chi connectivity index (χ3n) is 3.16. The van der Waals surface area contributed by atoms with Gasteiger partial charge in [0.25, 0.3) is 0 Å². The molecule has 0 amide bonds. The number of anilines is 1. The fourth-order valence-electron chi connectivity index (χ4n) is 1.98. The highest BCUT2D eigenvalue weighted by Gasteiger charge is 2.31. The number of nitrogen functional groups attached to an aromatic ring is 1. The minimum atomic E-state index is -3.41. The van der Waals surface area contributed by atoms with E-state index in [0.29, 0.717) is 17.1 Å². The fourth-order valence-corrected chi connectivity index (χ4v) is 4.87. The highest BCUT2D eigenvalue weighted by atomic mass is 32.2. The van der Waals surface area contributed by atoms with Crippen LogP contribution < -0.4 is 5.73 Å². The first-order chi connectivity index (χ1) is 8.43. The quantitative estimate of drug-likeness (QED) is 0.841. The van der Waals surface area contributed by atoms with Crippen molar-refractivity contribution in [2.75, 3.05) is 23.8 Å². The number of hydrogen-bond donors (Lipinski definition) is 1. The molecule has 1 unspecified atom stereocenters. The smallest absolute Gasteiger partial charge is 0.243 e. The molecule has 100 valence electrons. The maximum absolute atomic E-state index is 12.5. The van der Waals surface area contributed by atoms with Crippen molar-refractivity contribution in [1.82, 2.24) is 4.31 Å². The van der Waals surface area contributed by atoms with Crippen molar-refractivity contribution in [3.8, 4) is 0 Å². The Hall–Kier alpha value is -0.720. The van der Waals surface area contributed by atoms with Crippen molar-refractivity contribution in [3.05, 3.63) is 23.8 Å². The lowest BCUT2D eigenvalue weighted by atomic mass is 10.2. The molecular weight excluding hydrogens is 268 g/mol. The lowest BCUT2D eigenvalue weighted by Crippen LogP contribution is -2.44. The molecule has 0 aromatic heterocycles. The van der Waals surface area contributed by atoms with Gasteiger partial charge >= 0.3 is 0 Å². The minimum Gasteiger partial charge on any atom is -0.398 e. The van der Waals surface area contributed by atoms with Crippen LogP contribution in [-0.2, 0) is 10.0 Å². The van der Waals surface area contributed by atoms with Crippen LogP contribution in [0.3, 0.4) is 0 Å². The molecule has 4 nitrogen and oxygen atoms in total. The lowest BCUT2D eigenvalue weighted by Gasteiger charge is -2.32. The number of hydrogen-bond acceptors (Lipinski definition) is 4. The van der Waals surface area contributed by atoms with E-state index in [-0.39, 0.29) is 6.04 Å². The summed E-state index contributed by atoms with van der Waals surface area (Å²) in [6, 6.07) is 4.98. The first-order valence-electron chi connectivity index (χ1n) is 5.88. The van der Waals surface area contributed by atoms with Crippen LogP contribution in [0.2, 0.25) is 0 Å². The molecular formula is C12H18N2O2S2. The van der Waals surface area contributed by atoms with E-state index in [1.807, 2.05) is 13.8 Å². The van der Waals surface area contributed by atoms with E-state index in [1.165, 1.54) is 0 Å². The summed E-state index contributed by atoms with van der Waals surface area (Å²) < 4.78 is 26.6. The standard InChI is InChI=1S/C12H18N2O2S2/c1-9-3-4-11(7-12(9)13)18(15,16)14-5-6-17-8-10(14)2/h3-4,7,10H,5-6,8,13H2,1-2H3. The van der Waals surface area contributed by atoms with Crippen molar-refractivity contribution in [3.63, 3.8) is 0 Å². The Morgan fingerprint density at radius 2 is 2.17 bits per heavy atom. The van der Waals surface area contributed by atoms with Gasteiger partial charge in [0.05, 0.1) is 4.90 Å². The molecule has 1 saturated heterocycles. The molecule has 2 rings (SSSR count). The molecule has 0 saturated carbocycles. The van der Waals surface area contributed by atoms with Crippen LogP contribution in [0.25, 0.3) is 0 Å². The van der Waals surface area contributed by atoms with Crippen molar-refractivity contribution in [2.24, 2.45) is 0 Å². The topological polar surface area (TPSA) is 63.4 Å². The average molecular weight is 286 g/mol. The van der Waals surface area contributed by atoms with Gasteiger partial charge in [0.15, 0.2) is 0 Å². The molecule has 1 aliphatic heterocycles. The molecule has 0 radical (unpaired) electrons. The number of rotatable bonds is 2. The summed E-state index contributed by atoms with van der Waals surface area (Å²) in [5, 5.41) is 0. The van der Waals surface area contributed by atoms with E-state index < -0.39 is 10.0 Å². The molecule has 6 heteroatoms. The summed E-state index contributed by atoms with van der Waals surface area (Å²) >= 11 is 1.79. The van der Waals surface area contributed by atoms with Crippen LogP contribution in [0.4, 0.5) is 5.69 Å². The normalized spacial score (nSPS) is 22.0. The van der Waals surface area contributed by atoms with Gasteiger partial charge in [-0.3, -0.25) is 0 Å². The van der Waals surface area contributed by atoms with Gasteiger partial charge in [-0.05, 0) is 31.5 Å². The summed E-state index contributed by atoms with van der Waals surface area (Å²) in [7, 11) is -3.41. The second-order valence-electron chi connectivity index (χ2n) is 4.56. The van der Waals surface area contributed by atoms with Crippen LogP contribution >= 0.6 is 11.8 Å². The summed E-state index contributed by atoms with van der Waals surface area (Å²) in [6.45, 7) is 4.38. The van der Waals surface area contributed by atoms with Gasteiger partial charge in [-0.1, -0.05) is 6.07 Å². The van der Waals surface area contributed by atoms with Gasteiger partial charge in [-0.25, -0.2) is 8.42 Å². The van der Waals surface area contributed by atoms with Crippen LogP contribution in [0.5, 0.6) is 0 Å². The van der Waals surface area contributed by atoms with E-state index >= 15 is 0 Å². The molecule has 18 heavy (non-hydrogen) atoms. The lowest BCUT2D eigenvalue weighted by molar-refractivity contribution is 0.367. The zero-order chi connectivity index (χ0) is 13.3. The fraction of sp³-hybridized carbons (Fsp3) is 0.500. The highest BCUT2D eigenvalue weighted by Crippen LogP contribution is 2.26. The van der Waals surface area contributed by atoms with Crippen molar-refractivity contribution < 1.29 is 8.42 Å². The Labute approximate surface area is 113 Å². The first kappa shape index (κ1) is 13.7. The number of benzene rings is 1. The van der Waals surface area contributed by atoms with E-state index in [2.05, 4.69) is 0 Å². The predicted octanol–water partition coefficient (Wildman–Crippen LogP) is 1.70.